The van der Waals surface area contributed by atoms with Crippen LogP contribution in [0.3, 0.4) is 0 Å². The van der Waals surface area contributed by atoms with E-state index in [1.165, 1.54) is 32.4 Å². The largest absolute Gasteiger partial charge is 0.491 e. The van der Waals surface area contributed by atoms with Gasteiger partial charge in [0.1, 0.15) is 5.75 Å². The Morgan fingerprint density at radius 3 is 2.95 bits per heavy atom. The fourth-order valence-corrected chi connectivity index (χ4v) is 3.42. The number of hydrogen-bond acceptors (Lipinski definition) is 3. The number of hydrogen-bond donors (Lipinski definition) is 1. The summed E-state index contributed by atoms with van der Waals surface area (Å²) in [6.45, 7) is 7.68. The first kappa shape index (κ1) is 13.7. The fraction of sp³-hybridized carbons (Fsp3) is 0.647. The summed E-state index contributed by atoms with van der Waals surface area (Å²) in [5.74, 6) is 1.55. The van der Waals surface area contributed by atoms with Crippen LogP contribution in [-0.4, -0.2) is 36.7 Å². The van der Waals surface area contributed by atoms with E-state index in [-0.39, 0.29) is 0 Å². The van der Waals surface area contributed by atoms with Crippen LogP contribution in [0.1, 0.15) is 33.1 Å². The third kappa shape index (κ3) is 2.93. The number of para-hydroxylation sites is 2. The SMILES string of the molecule is CC(C)COc1ccccc1NC1CCN2CCCC12. The zero-order valence-electron chi connectivity index (χ0n) is 12.6. The molecule has 0 aromatic heterocycles. The molecule has 3 heteroatoms. The highest BCUT2D eigenvalue weighted by Crippen LogP contribution is 2.32. The van der Waals surface area contributed by atoms with E-state index in [9.17, 15) is 0 Å². The second-order valence-corrected chi connectivity index (χ2v) is 6.49. The zero-order valence-corrected chi connectivity index (χ0v) is 12.6. The van der Waals surface area contributed by atoms with Crippen LogP contribution in [0.4, 0.5) is 5.69 Å². The van der Waals surface area contributed by atoms with Crippen molar-refractivity contribution >= 4 is 5.69 Å². The van der Waals surface area contributed by atoms with Crippen molar-refractivity contribution in [3.05, 3.63) is 24.3 Å². The van der Waals surface area contributed by atoms with Crippen LogP contribution in [0.2, 0.25) is 0 Å². The van der Waals surface area contributed by atoms with E-state index in [4.69, 9.17) is 4.74 Å². The molecule has 0 saturated carbocycles. The van der Waals surface area contributed by atoms with E-state index in [0.29, 0.717) is 12.0 Å². The Morgan fingerprint density at radius 2 is 2.10 bits per heavy atom. The lowest BCUT2D eigenvalue weighted by molar-refractivity contribution is 0.271. The Kier molecular flexibility index (Phi) is 4.16. The molecule has 1 N–H and O–H groups in total. The number of benzene rings is 1. The third-order valence-corrected chi connectivity index (χ3v) is 4.41. The quantitative estimate of drug-likeness (QED) is 0.891. The van der Waals surface area contributed by atoms with Gasteiger partial charge in [-0.3, -0.25) is 4.90 Å². The molecule has 2 atom stereocenters. The molecule has 110 valence electrons. The van der Waals surface area contributed by atoms with E-state index < -0.39 is 0 Å². The molecule has 2 aliphatic rings. The lowest BCUT2D eigenvalue weighted by Crippen LogP contribution is -2.33. The number of anilines is 1. The highest BCUT2D eigenvalue weighted by molar-refractivity contribution is 5.57. The van der Waals surface area contributed by atoms with Crippen molar-refractivity contribution in [2.24, 2.45) is 5.92 Å². The average molecular weight is 274 g/mol. The van der Waals surface area contributed by atoms with Crippen molar-refractivity contribution in [3.63, 3.8) is 0 Å². The zero-order chi connectivity index (χ0) is 13.9. The van der Waals surface area contributed by atoms with Crippen molar-refractivity contribution in [3.8, 4) is 5.75 Å². The summed E-state index contributed by atoms with van der Waals surface area (Å²) in [5.41, 5.74) is 1.16. The summed E-state index contributed by atoms with van der Waals surface area (Å²) in [5, 5.41) is 3.74. The predicted octanol–water partition coefficient (Wildman–Crippen LogP) is 3.37. The van der Waals surface area contributed by atoms with Gasteiger partial charge in [-0.05, 0) is 43.9 Å². The molecular formula is C17H26N2O. The number of ether oxygens (including phenoxy) is 1. The average Bonchev–Trinajstić information content (AvgIpc) is 3.02. The van der Waals surface area contributed by atoms with Gasteiger partial charge in [-0.25, -0.2) is 0 Å². The van der Waals surface area contributed by atoms with Crippen LogP contribution in [0.15, 0.2) is 24.3 Å². The molecule has 2 heterocycles. The minimum Gasteiger partial charge on any atom is -0.491 e. The Hall–Kier alpha value is -1.22. The predicted molar refractivity (Wildman–Crippen MR) is 83.4 cm³/mol. The van der Waals surface area contributed by atoms with Crippen LogP contribution in [-0.2, 0) is 0 Å². The van der Waals surface area contributed by atoms with Crippen molar-refractivity contribution in [2.45, 2.75) is 45.2 Å². The Morgan fingerprint density at radius 1 is 1.25 bits per heavy atom. The minimum absolute atomic E-state index is 0.555. The van der Waals surface area contributed by atoms with Gasteiger partial charge >= 0.3 is 0 Å². The third-order valence-electron chi connectivity index (χ3n) is 4.41. The Labute approximate surface area is 122 Å². The van der Waals surface area contributed by atoms with E-state index in [1.807, 2.05) is 0 Å². The summed E-state index contributed by atoms with van der Waals surface area (Å²) in [7, 11) is 0. The summed E-state index contributed by atoms with van der Waals surface area (Å²) in [6.07, 6.45) is 3.95. The van der Waals surface area contributed by atoms with E-state index >= 15 is 0 Å². The number of nitrogens with zero attached hydrogens (tertiary/aromatic N) is 1. The van der Waals surface area contributed by atoms with E-state index in [0.717, 1.165) is 24.1 Å². The molecule has 1 aromatic carbocycles. The second-order valence-electron chi connectivity index (χ2n) is 6.49. The first-order valence-electron chi connectivity index (χ1n) is 7.96. The first-order valence-corrected chi connectivity index (χ1v) is 7.96. The molecule has 0 amide bonds. The van der Waals surface area contributed by atoms with Gasteiger partial charge in [0.05, 0.1) is 12.3 Å². The van der Waals surface area contributed by atoms with Crippen LogP contribution < -0.4 is 10.1 Å². The fourth-order valence-electron chi connectivity index (χ4n) is 3.42. The number of nitrogens with one attached hydrogen (secondary N) is 1. The Balaban J connectivity index is 1.67. The maximum absolute atomic E-state index is 5.94. The molecule has 0 spiro atoms. The van der Waals surface area contributed by atoms with Gasteiger partial charge in [0.15, 0.2) is 0 Å². The number of rotatable bonds is 5. The van der Waals surface area contributed by atoms with Crippen LogP contribution >= 0.6 is 0 Å². The Bertz CT molecular complexity index is 446. The highest BCUT2D eigenvalue weighted by atomic mass is 16.5. The minimum atomic E-state index is 0.555. The molecule has 0 bridgehead atoms. The van der Waals surface area contributed by atoms with Gasteiger partial charge in [0.25, 0.3) is 0 Å². The summed E-state index contributed by atoms with van der Waals surface area (Å²) in [4.78, 5) is 2.63. The summed E-state index contributed by atoms with van der Waals surface area (Å²) >= 11 is 0. The van der Waals surface area contributed by atoms with Gasteiger partial charge < -0.3 is 10.1 Å². The molecular weight excluding hydrogens is 248 g/mol. The molecule has 2 fully saturated rings. The molecule has 0 aliphatic carbocycles. The summed E-state index contributed by atoms with van der Waals surface area (Å²) in [6, 6.07) is 9.68. The van der Waals surface area contributed by atoms with Crippen LogP contribution in [0, 0.1) is 5.92 Å². The lowest BCUT2D eigenvalue weighted by atomic mass is 10.1. The van der Waals surface area contributed by atoms with Crippen molar-refractivity contribution in [2.75, 3.05) is 25.0 Å². The van der Waals surface area contributed by atoms with Crippen LogP contribution in [0.5, 0.6) is 5.75 Å². The van der Waals surface area contributed by atoms with E-state index in [1.54, 1.807) is 0 Å². The van der Waals surface area contributed by atoms with Gasteiger partial charge in [-0.1, -0.05) is 26.0 Å². The standard InChI is InChI=1S/C17H26N2O/c1-13(2)12-20-17-8-4-3-6-15(17)18-14-9-11-19-10-5-7-16(14)19/h3-4,6,8,13-14,16,18H,5,7,9-12H2,1-2H3. The highest BCUT2D eigenvalue weighted by Gasteiger charge is 2.37. The monoisotopic (exact) mass is 274 g/mol. The van der Waals surface area contributed by atoms with Crippen molar-refractivity contribution < 1.29 is 4.74 Å². The van der Waals surface area contributed by atoms with Crippen molar-refractivity contribution in [1.82, 2.24) is 4.90 Å². The van der Waals surface area contributed by atoms with Gasteiger partial charge in [0.2, 0.25) is 0 Å². The van der Waals surface area contributed by atoms with Crippen molar-refractivity contribution in [1.29, 1.82) is 0 Å². The van der Waals surface area contributed by atoms with Gasteiger partial charge in [-0.2, -0.15) is 0 Å². The molecule has 2 unspecified atom stereocenters. The molecule has 0 radical (unpaired) electrons. The van der Waals surface area contributed by atoms with Gasteiger partial charge in [-0.15, -0.1) is 0 Å². The van der Waals surface area contributed by atoms with E-state index in [2.05, 4.69) is 48.3 Å². The summed E-state index contributed by atoms with van der Waals surface area (Å²) < 4.78 is 5.94. The maximum atomic E-state index is 5.94. The molecule has 3 nitrogen and oxygen atoms in total. The molecule has 2 saturated heterocycles. The van der Waals surface area contributed by atoms with Crippen LogP contribution in [0.25, 0.3) is 0 Å². The molecule has 1 aromatic rings. The molecule has 20 heavy (non-hydrogen) atoms. The number of fused-ring (bicyclic) bond motifs is 1. The normalized spacial score (nSPS) is 25.9. The first-order chi connectivity index (χ1) is 9.74. The molecule has 3 rings (SSSR count). The smallest absolute Gasteiger partial charge is 0.142 e. The lowest BCUT2D eigenvalue weighted by Gasteiger charge is -2.23. The maximum Gasteiger partial charge on any atom is 0.142 e. The topological polar surface area (TPSA) is 24.5 Å². The second kappa shape index (κ2) is 6.04. The van der Waals surface area contributed by atoms with Gasteiger partial charge in [0, 0.05) is 18.6 Å². The molecule has 2 aliphatic heterocycles.